The van der Waals surface area contributed by atoms with Crippen LogP contribution in [0.5, 0.6) is 0 Å². The molecule has 1 aromatic rings. The molecule has 0 radical (unpaired) electrons. The number of pyridine rings is 1. The molecule has 19 heavy (non-hydrogen) atoms. The lowest BCUT2D eigenvalue weighted by Crippen LogP contribution is -2.32. The highest BCUT2D eigenvalue weighted by atomic mass is 16.6. The van der Waals surface area contributed by atoms with Crippen molar-refractivity contribution in [1.82, 2.24) is 4.57 Å². The minimum absolute atomic E-state index is 0.106. The zero-order valence-corrected chi connectivity index (χ0v) is 11.2. The molecule has 0 atom stereocenters. The monoisotopic (exact) mass is 267 g/mol. The maximum atomic E-state index is 12.1. The van der Waals surface area contributed by atoms with Crippen LogP contribution in [0.4, 0.5) is 5.69 Å². The number of hydrogen-bond donors (Lipinski definition) is 1. The Balaban J connectivity index is 3.78. The van der Waals surface area contributed by atoms with E-state index in [0.717, 1.165) is 0 Å². The number of carbonyl (C=O) groups excluding carboxylic acids is 1. The fourth-order valence-corrected chi connectivity index (χ4v) is 2.04. The van der Waals surface area contributed by atoms with Crippen LogP contribution in [0.3, 0.4) is 0 Å². The van der Waals surface area contributed by atoms with Gasteiger partial charge in [-0.3, -0.25) is 19.7 Å². The van der Waals surface area contributed by atoms with Crippen LogP contribution in [-0.4, -0.2) is 15.4 Å². The summed E-state index contributed by atoms with van der Waals surface area (Å²) in [6, 6.07) is 0. The fraction of sp³-hybridized carbons (Fsp3) is 0.500. The molecule has 2 N–H and O–H groups in total. The van der Waals surface area contributed by atoms with Gasteiger partial charge in [-0.15, -0.1) is 0 Å². The number of hydrogen-bond acceptors (Lipinski definition) is 4. The molecule has 1 amide bonds. The molecule has 0 aliphatic carbocycles. The molecular weight excluding hydrogens is 250 g/mol. The Labute approximate surface area is 110 Å². The molecule has 0 saturated heterocycles. The van der Waals surface area contributed by atoms with Crippen LogP contribution in [0.15, 0.2) is 11.0 Å². The van der Waals surface area contributed by atoms with E-state index in [4.69, 9.17) is 5.73 Å². The Hall–Kier alpha value is -2.18. The summed E-state index contributed by atoms with van der Waals surface area (Å²) in [7, 11) is 0. The molecule has 0 saturated carbocycles. The summed E-state index contributed by atoms with van der Waals surface area (Å²) in [6.07, 6.45) is 1.81. The zero-order chi connectivity index (χ0) is 14.7. The Morgan fingerprint density at radius 3 is 2.47 bits per heavy atom. The zero-order valence-electron chi connectivity index (χ0n) is 11.2. The second kappa shape index (κ2) is 5.64. The van der Waals surface area contributed by atoms with Crippen molar-refractivity contribution in [2.75, 3.05) is 0 Å². The van der Waals surface area contributed by atoms with Gasteiger partial charge in [0.15, 0.2) is 0 Å². The maximum absolute atomic E-state index is 12.1. The summed E-state index contributed by atoms with van der Waals surface area (Å²) in [6.45, 7) is 5.49. The van der Waals surface area contributed by atoms with E-state index in [9.17, 15) is 19.7 Å². The van der Waals surface area contributed by atoms with Crippen molar-refractivity contribution in [1.29, 1.82) is 0 Å². The number of aromatic nitrogens is 1. The predicted octanol–water partition coefficient (Wildman–Crippen LogP) is 1.39. The van der Waals surface area contributed by atoms with Crippen molar-refractivity contribution >= 4 is 11.6 Å². The van der Waals surface area contributed by atoms with Gasteiger partial charge in [-0.25, -0.2) is 0 Å². The third kappa shape index (κ3) is 2.81. The minimum atomic E-state index is -0.928. The molecule has 1 rings (SSSR count). The number of primary amides is 1. The second-order valence-corrected chi connectivity index (χ2v) is 4.58. The predicted molar refractivity (Wildman–Crippen MR) is 70.3 cm³/mol. The third-order valence-electron chi connectivity index (χ3n) is 2.78. The first-order chi connectivity index (χ1) is 8.81. The van der Waals surface area contributed by atoms with Crippen LogP contribution in [0, 0.1) is 10.1 Å². The van der Waals surface area contributed by atoms with E-state index in [1.807, 2.05) is 6.92 Å². The molecule has 0 fully saturated rings. The van der Waals surface area contributed by atoms with Gasteiger partial charge >= 0.3 is 0 Å². The number of carbonyl (C=O) groups is 1. The van der Waals surface area contributed by atoms with Crippen molar-refractivity contribution < 1.29 is 9.72 Å². The molecule has 1 aromatic heterocycles. The smallest absolute Gasteiger partial charge is 0.289 e. The van der Waals surface area contributed by atoms with Crippen LogP contribution in [0.2, 0.25) is 0 Å². The molecule has 0 aromatic carbocycles. The van der Waals surface area contributed by atoms with Crippen LogP contribution in [0.25, 0.3) is 0 Å². The van der Waals surface area contributed by atoms with Crippen molar-refractivity contribution in [3.63, 3.8) is 0 Å². The normalized spacial score (nSPS) is 10.7. The van der Waals surface area contributed by atoms with E-state index >= 15 is 0 Å². The Morgan fingerprint density at radius 1 is 1.53 bits per heavy atom. The number of nitrogens with two attached hydrogens (primary N) is 1. The highest BCUT2D eigenvalue weighted by Crippen LogP contribution is 2.27. The quantitative estimate of drug-likeness (QED) is 0.642. The summed E-state index contributed by atoms with van der Waals surface area (Å²) in [5.74, 6) is -1.27. The SMILES string of the molecule is CCCn1cc([N+](=O)[O-])c(C(C)C)c(C(N)=O)c1=O. The third-order valence-corrected chi connectivity index (χ3v) is 2.78. The molecule has 0 spiro atoms. The van der Waals surface area contributed by atoms with Crippen LogP contribution in [-0.2, 0) is 6.54 Å². The van der Waals surface area contributed by atoms with E-state index in [2.05, 4.69) is 0 Å². The van der Waals surface area contributed by atoms with Gasteiger partial charge < -0.3 is 10.3 Å². The van der Waals surface area contributed by atoms with Gasteiger partial charge in [0.2, 0.25) is 0 Å². The molecule has 104 valence electrons. The van der Waals surface area contributed by atoms with Gasteiger partial charge in [0.1, 0.15) is 5.56 Å². The average Bonchev–Trinajstić information content (AvgIpc) is 2.29. The summed E-state index contributed by atoms with van der Waals surface area (Å²) < 4.78 is 1.17. The van der Waals surface area contributed by atoms with Crippen molar-refractivity contribution in [2.45, 2.75) is 39.7 Å². The van der Waals surface area contributed by atoms with Gasteiger partial charge in [-0.2, -0.15) is 0 Å². The molecule has 0 aliphatic heterocycles. The van der Waals surface area contributed by atoms with Gasteiger partial charge in [-0.1, -0.05) is 20.8 Å². The second-order valence-electron chi connectivity index (χ2n) is 4.58. The van der Waals surface area contributed by atoms with Gasteiger partial charge in [0.25, 0.3) is 17.2 Å². The fourth-order valence-electron chi connectivity index (χ4n) is 2.04. The molecule has 1 heterocycles. The number of amides is 1. The Bertz CT molecular complexity index is 575. The molecule has 7 nitrogen and oxygen atoms in total. The van der Waals surface area contributed by atoms with Crippen molar-refractivity contribution in [3.05, 3.63) is 37.8 Å². The lowest BCUT2D eigenvalue weighted by molar-refractivity contribution is -0.386. The van der Waals surface area contributed by atoms with Gasteiger partial charge in [0, 0.05) is 6.54 Å². The lowest BCUT2D eigenvalue weighted by atomic mass is 9.96. The topological polar surface area (TPSA) is 108 Å². The van der Waals surface area contributed by atoms with Crippen molar-refractivity contribution in [3.8, 4) is 0 Å². The lowest BCUT2D eigenvalue weighted by Gasteiger charge is -2.13. The van der Waals surface area contributed by atoms with Crippen LogP contribution in [0.1, 0.15) is 49.0 Å². The number of aryl methyl sites for hydroxylation is 1. The van der Waals surface area contributed by atoms with E-state index < -0.39 is 16.4 Å². The highest BCUT2D eigenvalue weighted by Gasteiger charge is 2.27. The average molecular weight is 267 g/mol. The first kappa shape index (κ1) is 14.9. The molecule has 0 unspecified atom stereocenters. The summed E-state index contributed by atoms with van der Waals surface area (Å²) in [5, 5.41) is 11.1. The van der Waals surface area contributed by atoms with Gasteiger partial charge in [0.05, 0.1) is 16.7 Å². The number of nitro groups is 1. The standard InChI is InChI=1S/C12H17N3O4/c1-4-5-14-6-8(15(18)19)9(7(2)3)10(11(13)16)12(14)17/h6-7H,4-5H2,1-3H3,(H2,13,16). The summed E-state index contributed by atoms with van der Waals surface area (Å²) in [5.41, 5.74) is 4.23. The highest BCUT2D eigenvalue weighted by molar-refractivity contribution is 5.95. The minimum Gasteiger partial charge on any atom is -0.365 e. The summed E-state index contributed by atoms with van der Waals surface area (Å²) in [4.78, 5) is 34.1. The first-order valence-corrected chi connectivity index (χ1v) is 6.02. The Morgan fingerprint density at radius 2 is 2.11 bits per heavy atom. The van der Waals surface area contributed by atoms with Crippen LogP contribution < -0.4 is 11.3 Å². The van der Waals surface area contributed by atoms with Crippen LogP contribution >= 0.6 is 0 Å². The molecule has 7 heteroatoms. The van der Waals surface area contributed by atoms with E-state index in [1.54, 1.807) is 13.8 Å². The van der Waals surface area contributed by atoms with E-state index in [0.29, 0.717) is 13.0 Å². The molecular formula is C12H17N3O4. The van der Waals surface area contributed by atoms with Crippen molar-refractivity contribution in [2.24, 2.45) is 5.73 Å². The Kier molecular flexibility index (Phi) is 4.42. The largest absolute Gasteiger partial charge is 0.365 e. The maximum Gasteiger partial charge on any atom is 0.289 e. The number of rotatable bonds is 5. The van der Waals surface area contributed by atoms with Gasteiger partial charge in [-0.05, 0) is 12.3 Å². The number of nitrogens with zero attached hydrogens (tertiary/aromatic N) is 2. The summed E-state index contributed by atoms with van der Waals surface area (Å²) >= 11 is 0. The van der Waals surface area contributed by atoms with E-state index in [1.165, 1.54) is 10.8 Å². The molecule has 0 bridgehead atoms. The molecule has 0 aliphatic rings. The van der Waals surface area contributed by atoms with E-state index in [-0.39, 0.29) is 22.7 Å². The first-order valence-electron chi connectivity index (χ1n) is 6.02.